The van der Waals surface area contributed by atoms with Crippen molar-refractivity contribution >= 4 is 54.5 Å². The Morgan fingerprint density at radius 2 is 1.07 bits per heavy atom. The summed E-state index contributed by atoms with van der Waals surface area (Å²) in [6.07, 6.45) is -8.22. The van der Waals surface area contributed by atoms with Crippen LogP contribution in [-0.4, -0.2) is 172 Å². The Balaban J connectivity index is 2.19. The number of aliphatic carboxylic acids is 2. The number of carbonyl (C=O) groups is 6. The third-order valence-electron chi connectivity index (χ3n) is 7.72. The molecule has 0 bridgehead atoms. The van der Waals surface area contributed by atoms with Crippen LogP contribution in [0.3, 0.4) is 0 Å². The number of hydrogen-bond acceptors (Lipinski definition) is 16. The van der Waals surface area contributed by atoms with Gasteiger partial charge in [-0.3, -0.25) is 19.2 Å². The molecular formula is C29H47BN10O16. The lowest BCUT2D eigenvalue weighted by atomic mass is 9.80. The number of hydrogen-bond donors (Lipinski definition) is 14. The van der Waals surface area contributed by atoms with Crippen molar-refractivity contribution in [3.63, 3.8) is 0 Å². The Morgan fingerprint density at radius 1 is 0.732 bits per heavy atom. The van der Waals surface area contributed by atoms with Gasteiger partial charge in [0, 0.05) is 13.8 Å². The maximum atomic E-state index is 12.9. The third kappa shape index (κ3) is 13.8. The maximum Gasteiger partial charge on any atom is 0.371 e. The molecule has 10 atom stereocenters. The SMILES string of the molecule is CB(NC(=O)CO[C@@H]([C@@H]1OC(C(=O)O)=C[C@H](N=C(N)N)[C@H]1NC(C)=O)[C@H](O)CO)NC(=O)CO[C@@H]([C@@H]1OC(C(=O)O)=C[C@H](N=C(N)N)[C@H]1NC(C)=O)[C@H](O)CO. The van der Waals surface area contributed by atoms with Crippen molar-refractivity contribution in [2.45, 2.75) is 81.5 Å². The zero-order valence-corrected chi connectivity index (χ0v) is 30.3. The van der Waals surface area contributed by atoms with Crippen LogP contribution in [0.2, 0.25) is 6.82 Å². The minimum atomic E-state index is -1.82. The lowest BCUT2D eigenvalue weighted by molar-refractivity contribution is -0.158. The Kier molecular flexibility index (Phi) is 17.7. The molecular weight excluding hydrogens is 755 g/mol. The monoisotopic (exact) mass is 802 g/mol. The second-order valence-electron chi connectivity index (χ2n) is 12.3. The van der Waals surface area contributed by atoms with E-state index in [1.165, 1.54) is 6.82 Å². The maximum absolute atomic E-state index is 12.9. The van der Waals surface area contributed by atoms with Crippen LogP contribution in [0, 0.1) is 0 Å². The molecule has 0 aromatic rings. The van der Waals surface area contributed by atoms with Gasteiger partial charge >= 0.3 is 18.9 Å². The molecule has 0 aromatic carbocycles. The number of rotatable bonds is 20. The van der Waals surface area contributed by atoms with Gasteiger partial charge in [0.1, 0.15) is 37.6 Å². The van der Waals surface area contributed by atoms with Gasteiger partial charge in [0.2, 0.25) is 35.1 Å². The van der Waals surface area contributed by atoms with Crippen LogP contribution in [-0.2, 0) is 47.7 Å². The Hall–Kier alpha value is -5.74. The molecule has 2 aliphatic rings. The van der Waals surface area contributed by atoms with E-state index in [9.17, 15) is 59.4 Å². The minimum absolute atomic E-state index is 0.495. The second-order valence-corrected chi connectivity index (χ2v) is 12.3. The molecule has 26 nitrogen and oxygen atoms in total. The molecule has 2 aliphatic heterocycles. The molecule has 2 rings (SSSR count). The highest BCUT2D eigenvalue weighted by Gasteiger charge is 2.47. The van der Waals surface area contributed by atoms with Gasteiger partial charge in [0.25, 0.3) is 0 Å². The van der Waals surface area contributed by atoms with E-state index in [2.05, 4.69) is 31.1 Å². The van der Waals surface area contributed by atoms with Crippen molar-refractivity contribution in [2.75, 3.05) is 26.4 Å². The Labute approximate surface area is 318 Å². The molecule has 0 fully saturated rings. The number of carboxylic acids is 2. The van der Waals surface area contributed by atoms with Crippen LogP contribution in [0.4, 0.5) is 0 Å². The molecule has 27 heteroatoms. The number of guanidine groups is 2. The summed E-state index contributed by atoms with van der Waals surface area (Å²) in [6, 6.07) is -5.08. The summed E-state index contributed by atoms with van der Waals surface area (Å²) in [7, 11) is 0. The highest BCUT2D eigenvalue weighted by Crippen LogP contribution is 2.28. The molecule has 312 valence electrons. The van der Waals surface area contributed by atoms with E-state index in [4.69, 9.17) is 41.9 Å². The van der Waals surface area contributed by atoms with Crippen molar-refractivity contribution < 1.29 is 78.4 Å². The van der Waals surface area contributed by atoms with E-state index in [0.717, 1.165) is 26.0 Å². The Morgan fingerprint density at radius 3 is 1.34 bits per heavy atom. The average Bonchev–Trinajstić information content (AvgIpc) is 3.08. The lowest BCUT2D eigenvalue weighted by Crippen LogP contribution is -2.61. The van der Waals surface area contributed by atoms with Crippen molar-refractivity contribution in [1.82, 2.24) is 21.1 Å². The van der Waals surface area contributed by atoms with Crippen LogP contribution in [0.5, 0.6) is 0 Å². The lowest BCUT2D eigenvalue weighted by Gasteiger charge is -2.40. The zero-order chi connectivity index (χ0) is 42.4. The number of nitrogens with zero attached hydrogens (tertiary/aromatic N) is 2. The van der Waals surface area contributed by atoms with Crippen LogP contribution < -0.4 is 44.0 Å². The number of carboxylic acid groups (broad SMARTS) is 2. The molecule has 2 heterocycles. The molecule has 0 radical (unpaired) electrons. The smallest absolute Gasteiger partial charge is 0.371 e. The van der Waals surface area contributed by atoms with Gasteiger partial charge in [0.05, 0.1) is 37.4 Å². The molecule has 0 spiro atoms. The molecule has 0 unspecified atom stereocenters. The Bertz CT molecular complexity index is 1460. The molecule has 0 saturated carbocycles. The molecule has 0 aliphatic carbocycles. The van der Waals surface area contributed by atoms with Gasteiger partial charge in [-0.05, 0) is 19.0 Å². The van der Waals surface area contributed by atoms with E-state index >= 15 is 0 Å². The number of amides is 4. The van der Waals surface area contributed by atoms with Crippen molar-refractivity contribution in [2.24, 2.45) is 32.9 Å². The normalized spacial score (nSPS) is 23.7. The first kappa shape index (κ1) is 46.4. The largest absolute Gasteiger partial charge is 0.478 e. The van der Waals surface area contributed by atoms with Gasteiger partial charge in [-0.2, -0.15) is 0 Å². The summed E-state index contributed by atoms with van der Waals surface area (Å²) < 4.78 is 22.1. The van der Waals surface area contributed by atoms with Gasteiger partial charge in [-0.25, -0.2) is 19.6 Å². The van der Waals surface area contributed by atoms with Crippen LogP contribution in [0.25, 0.3) is 0 Å². The highest BCUT2D eigenvalue weighted by atomic mass is 16.6. The minimum Gasteiger partial charge on any atom is -0.478 e. The van der Waals surface area contributed by atoms with Crippen LogP contribution in [0.1, 0.15) is 13.8 Å². The summed E-state index contributed by atoms with van der Waals surface area (Å²) in [4.78, 5) is 81.2. The second kappa shape index (κ2) is 21.4. The van der Waals surface area contributed by atoms with Crippen molar-refractivity contribution in [1.29, 1.82) is 0 Å². The predicted molar refractivity (Wildman–Crippen MR) is 189 cm³/mol. The van der Waals surface area contributed by atoms with E-state index in [1.807, 2.05) is 0 Å². The van der Waals surface area contributed by atoms with Gasteiger partial charge < -0.3 is 93.6 Å². The number of carbonyl (C=O) groups excluding carboxylic acids is 4. The summed E-state index contributed by atoms with van der Waals surface area (Å²) in [6.45, 7) is -1.38. The van der Waals surface area contributed by atoms with Gasteiger partial charge in [-0.15, -0.1) is 0 Å². The van der Waals surface area contributed by atoms with E-state index in [0.29, 0.717) is 0 Å². The molecule has 18 N–H and O–H groups in total. The van der Waals surface area contributed by atoms with Gasteiger partial charge in [-0.1, -0.05) is 0 Å². The number of nitrogens with two attached hydrogens (primary N) is 4. The molecule has 56 heavy (non-hydrogen) atoms. The summed E-state index contributed by atoms with van der Waals surface area (Å²) in [5.41, 5.74) is 21.9. The molecule has 0 aromatic heterocycles. The summed E-state index contributed by atoms with van der Waals surface area (Å²) in [5.74, 6) is -8.71. The molecule has 0 saturated heterocycles. The average molecular weight is 803 g/mol. The number of aliphatic imine (C=N–C) groups is 2. The predicted octanol–water partition coefficient (Wildman–Crippen LogP) is -8.16. The highest BCUT2D eigenvalue weighted by molar-refractivity contribution is 6.57. The first-order valence-corrected chi connectivity index (χ1v) is 16.5. The third-order valence-corrected chi connectivity index (χ3v) is 7.72. The fourth-order valence-electron chi connectivity index (χ4n) is 5.60. The first-order chi connectivity index (χ1) is 26.2. The van der Waals surface area contributed by atoms with Crippen molar-refractivity contribution in [3.05, 3.63) is 23.7 Å². The van der Waals surface area contributed by atoms with Crippen LogP contribution in [0.15, 0.2) is 33.7 Å². The van der Waals surface area contributed by atoms with Gasteiger partial charge in [0.15, 0.2) is 24.1 Å². The van der Waals surface area contributed by atoms with Crippen molar-refractivity contribution in [3.8, 4) is 0 Å². The quantitative estimate of drug-likeness (QED) is 0.0309. The topological polar surface area (TPSA) is 438 Å². The summed E-state index contributed by atoms with van der Waals surface area (Å²) in [5, 5.41) is 69.5. The van der Waals surface area contributed by atoms with E-state index < -0.39 is 153 Å². The van der Waals surface area contributed by atoms with E-state index in [-0.39, 0.29) is 0 Å². The molecule has 4 amide bonds. The van der Waals surface area contributed by atoms with Crippen LogP contribution >= 0.6 is 0 Å². The standard InChI is InChI=1S/C29H47BN10O16/c1-10(43)35-20-12(37-28(31)32)4-16(26(49)50)55-24(20)22(14(45)6-41)53-8-18(47)39-30(3)40-19(48)9-54-23(15(46)7-42)25-21(36-11(2)44)13(38-29(33)34)5-17(56-25)27(51)52/h4-5,12-15,20-25,41-42,45-46H,6-9H2,1-3H3,(H,35,43)(H,36,44)(H,39,47)(H,40,48)(H,49,50)(H,51,52)(H4,31,32,37)(H4,33,34,38)/t12-,13-,14+,15+,20+,21+,22+,23+,24+,25+/m0/s1. The first-order valence-electron chi connectivity index (χ1n) is 16.5. The number of aliphatic hydroxyl groups excluding tert-OH is 4. The number of nitrogens with one attached hydrogen (secondary N) is 4. The fraction of sp³-hybridized carbons (Fsp3) is 0.586. The summed E-state index contributed by atoms with van der Waals surface area (Å²) >= 11 is 0. The number of aliphatic hydroxyl groups is 4. The number of ether oxygens (including phenoxy) is 4. The fourth-order valence-corrected chi connectivity index (χ4v) is 5.60. The zero-order valence-electron chi connectivity index (χ0n) is 30.3. The van der Waals surface area contributed by atoms with E-state index in [1.54, 1.807) is 0 Å².